The molecule has 7 heteroatoms. The van der Waals surface area contributed by atoms with Crippen molar-refractivity contribution in [2.75, 3.05) is 0 Å². The van der Waals surface area contributed by atoms with E-state index < -0.39 is 12.0 Å². The van der Waals surface area contributed by atoms with Crippen LogP contribution in [-0.2, 0) is 17.8 Å². The van der Waals surface area contributed by atoms with Crippen LogP contribution in [0.5, 0.6) is 0 Å². The number of carboxylic acid groups (broad SMARTS) is 1. The molecule has 0 aliphatic carbocycles. The molecule has 2 aromatic carbocycles. The summed E-state index contributed by atoms with van der Waals surface area (Å²) in [6.07, 6.45) is 2.23. The number of aliphatic carboxylic acids is 1. The van der Waals surface area contributed by atoms with Crippen LogP contribution in [0.2, 0.25) is 5.02 Å². The van der Waals surface area contributed by atoms with E-state index >= 15 is 0 Å². The van der Waals surface area contributed by atoms with Crippen LogP contribution in [0.4, 0.5) is 0 Å². The Morgan fingerprint density at radius 1 is 1.21 bits per heavy atom. The first kappa shape index (κ1) is 19.8. The molecule has 0 unspecified atom stereocenters. The van der Waals surface area contributed by atoms with Gasteiger partial charge in [0.15, 0.2) is 0 Å². The lowest BCUT2D eigenvalue weighted by atomic mass is 10.0. The Bertz CT molecular complexity index is 1170. The highest BCUT2D eigenvalue weighted by molar-refractivity contribution is 9.10. The van der Waals surface area contributed by atoms with E-state index in [-0.39, 0.29) is 0 Å². The number of furan rings is 1. The zero-order valence-electron chi connectivity index (χ0n) is 15.3. The number of aromatic amines is 1. The molecule has 4 rings (SSSR count). The van der Waals surface area contributed by atoms with E-state index in [1.807, 2.05) is 54.7 Å². The van der Waals surface area contributed by atoms with Crippen molar-refractivity contribution in [3.05, 3.63) is 81.6 Å². The summed E-state index contributed by atoms with van der Waals surface area (Å²) in [4.78, 5) is 14.9. The first-order chi connectivity index (χ1) is 14.0. The van der Waals surface area contributed by atoms with Gasteiger partial charge in [-0.25, -0.2) is 0 Å². The van der Waals surface area contributed by atoms with Gasteiger partial charge in [0.1, 0.15) is 17.6 Å². The smallest absolute Gasteiger partial charge is 0.321 e. The van der Waals surface area contributed by atoms with Gasteiger partial charge in [0.25, 0.3) is 0 Å². The summed E-state index contributed by atoms with van der Waals surface area (Å²) in [6.45, 7) is 0.299. The van der Waals surface area contributed by atoms with E-state index in [1.165, 1.54) is 0 Å². The van der Waals surface area contributed by atoms with E-state index in [0.717, 1.165) is 26.5 Å². The maximum Gasteiger partial charge on any atom is 0.321 e. The predicted molar refractivity (Wildman–Crippen MR) is 117 cm³/mol. The first-order valence-corrected chi connectivity index (χ1v) is 10.2. The Labute approximate surface area is 180 Å². The van der Waals surface area contributed by atoms with Gasteiger partial charge < -0.3 is 14.5 Å². The van der Waals surface area contributed by atoms with Crippen LogP contribution in [0.25, 0.3) is 22.2 Å². The molecule has 148 valence electrons. The highest BCUT2D eigenvalue weighted by Gasteiger charge is 2.20. The van der Waals surface area contributed by atoms with Crippen LogP contribution in [0.15, 0.2) is 69.7 Å². The second-order valence-corrected chi connectivity index (χ2v) is 8.05. The third-order valence-electron chi connectivity index (χ3n) is 4.78. The topological polar surface area (TPSA) is 78.3 Å². The van der Waals surface area contributed by atoms with Crippen molar-refractivity contribution in [2.24, 2.45) is 0 Å². The van der Waals surface area contributed by atoms with Crippen LogP contribution >= 0.6 is 27.5 Å². The van der Waals surface area contributed by atoms with Crippen LogP contribution in [0.3, 0.4) is 0 Å². The van der Waals surface area contributed by atoms with Crippen molar-refractivity contribution in [2.45, 2.75) is 19.0 Å². The van der Waals surface area contributed by atoms with Crippen molar-refractivity contribution in [1.29, 1.82) is 0 Å². The average Bonchev–Trinajstić information content (AvgIpc) is 3.32. The molecule has 0 saturated carbocycles. The first-order valence-electron chi connectivity index (χ1n) is 9.06. The van der Waals surface area contributed by atoms with Gasteiger partial charge in [0.05, 0.1) is 11.6 Å². The lowest BCUT2D eigenvalue weighted by molar-refractivity contribution is -0.139. The third-order valence-corrected chi connectivity index (χ3v) is 5.58. The fourth-order valence-electron chi connectivity index (χ4n) is 3.30. The summed E-state index contributed by atoms with van der Waals surface area (Å²) in [6, 6.07) is 16.3. The maximum atomic E-state index is 11.8. The van der Waals surface area contributed by atoms with Crippen molar-refractivity contribution < 1.29 is 14.3 Å². The fourth-order valence-corrected chi connectivity index (χ4v) is 4.06. The summed E-state index contributed by atoms with van der Waals surface area (Å²) in [5, 5.41) is 14.3. The zero-order valence-corrected chi connectivity index (χ0v) is 17.6. The number of aromatic nitrogens is 1. The van der Waals surface area contributed by atoms with E-state index in [4.69, 9.17) is 16.0 Å². The molecule has 3 N–H and O–H groups in total. The number of hydrogen-bond acceptors (Lipinski definition) is 3. The molecule has 1 atom stereocenters. The van der Waals surface area contributed by atoms with Gasteiger partial charge in [-0.05, 0) is 42.0 Å². The van der Waals surface area contributed by atoms with E-state index in [9.17, 15) is 9.90 Å². The van der Waals surface area contributed by atoms with Crippen molar-refractivity contribution >= 4 is 44.4 Å². The van der Waals surface area contributed by atoms with Crippen molar-refractivity contribution in [1.82, 2.24) is 10.3 Å². The SMILES string of the molecule is O=C(O)[C@H](Cc1c[nH]c2ccccc12)NCc1ccc(-c2ccc(Br)cc2Cl)o1. The Morgan fingerprint density at radius 2 is 2.03 bits per heavy atom. The fraction of sp³-hybridized carbons (Fsp3) is 0.136. The number of benzene rings is 2. The summed E-state index contributed by atoms with van der Waals surface area (Å²) in [7, 11) is 0. The largest absolute Gasteiger partial charge is 0.480 e. The summed E-state index contributed by atoms with van der Waals surface area (Å²) < 4.78 is 6.75. The second-order valence-electron chi connectivity index (χ2n) is 6.73. The monoisotopic (exact) mass is 472 g/mol. The molecule has 2 aromatic heterocycles. The van der Waals surface area contributed by atoms with Crippen LogP contribution in [0.1, 0.15) is 11.3 Å². The molecule has 0 radical (unpaired) electrons. The number of nitrogens with one attached hydrogen (secondary N) is 2. The molecule has 4 aromatic rings. The standard InChI is InChI=1S/C22H18BrClN2O3/c23-14-5-7-17(18(24)10-14)21-8-6-15(29-21)12-26-20(22(27)28)9-13-11-25-19-4-2-1-3-16(13)19/h1-8,10-11,20,25-26H,9,12H2,(H,27,28)/t20-/m0/s1. The van der Waals surface area contributed by atoms with Gasteiger partial charge in [0.2, 0.25) is 0 Å². The number of carboxylic acids is 1. The highest BCUT2D eigenvalue weighted by atomic mass is 79.9. The lowest BCUT2D eigenvalue weighted by Crippen LogP contribution is -2.37. The van der Waals surface area contributed by atoms with Crippen molar-refractivity contribution in [3.8, 4) is 11.3 Å². The molecule has 0 spiro atoms. The molecule has 0 aliphatic rings. The number of halogens is 2. The zero-order chi connectivity index (χ0) is 20.4. The molecular formula is C22H18BrClN2O3. The van der Waals surface area contributed by atoms with Gasteiger partial charge in [-0.2, -0.15) is 0 Å². The van der Waals surface area contributed by atoms with Gasteiger partial charge in [-0.15, -0.1) is 0 Å². The molecule has 29 heavy (non-hydrogen) atoms. The number of H-pyrrole nitrogens is 1. The highest BCUT2D eigenvalue weighted by Crippen LogP contribution is 2.31. The number of rotatable bonds is 7. The Balaban J connectivity index is 1.46. The predicted octanol–water partition coefficient (Wildman–Crippen LogP) is 5.63. The minimum Gasteiger partial charge on any atom is -0.480 e. The Morgan fingerprint density at radius 3 is 2.83 bits per heavy atom. The van der Waals surface area contributed by atoms with E-state index in [0.29, 0.717) is 29.5 Å². The molecule has 0 amide bonds. The quantitative estimate of drug-likeness (QED) is 0.325. The van der Waals surface area contributed by atoms with Crippen LogP contribution in [0, 0.1) is 0 Å². The van der Waals surface area contributed by atoms with Crippen LogP contribution < -0.4 is 5.32 Å². The molecule has 0 aliphatic heterocycles. The second kappa shape index (κ2) is 8.45. The van der Waals surface area contributed by atoms with Gasteiger partial charge in [-0.1, -0.05) is 45.7 Å². The third kappa shape index (κ3) is 4.40. The van der Waals surface area contributed by atoms with E-state index in [2.05, 4.69) is 26.2 Å². The van der Waals surface area contributed by atoms with E-state index in [1.54, 1.807) is 6.07 Å². The van der Waals surface area contributed by atoms with Crippen LogP contribution in [-0.4, -0.2) is 22.1 Å². The molecule has 0 saturated heterocycles. The molecule has 2 heterocycles. The number of carbonyl (C=O) groups is 1. The summed E-state index contributed by atoms with van der Waals surface area (Å²) in [5.41, 5.74) is 2.74. The molecule has 5 nitrogen and oxygen atoms in total. The van der Waals surface area contributed by atoms with Gasteiger partial charge >= 0.3 is 5.97 Å². The normalized spacial score (nSPS) is 12.3. The maximum absolute atomic E-state index is 11.8. The lowest BCUT2D eigenvalue weighted by Gasteiger charge is -2.13. The minimum atomic E-state index is -0.905. The summed E-state index contributed by atoms with van der Waals surface area (Å²) >= 11 is 9.67. The summed E-state index contributed by atoms with van der Waals surface area (Å²) in [5.74, 6) is 0.380. The Hall–Kier alpha value is -2.54. The Kier molecular flexibility index (Phi) is 5.76. The molecule has 0 bridgehead atoms. The van der Waals surface area contributed by atoms with Crippen molar-refractivity contribution in [3.63, 3.8) is 0 Å². The average molecular weight is 474 g/mol. The number of fused-ring (bicyclic) bond motifs is 1. The molecular weight excluding hydrogens is 456 g/mol. The molecule has 0 fully saturated rings. The minimum absolute atomic E-state index is 0.299. The van der Waals surface area contributed by atoms with Gasteiger partial charge in [-0.3, -0.25) is 10.1 Å². The van der Waals surface area contributed by atoms with Gasteiger partial charge in [0, 0.05) is 33.6 Å². The number of para-hydroxylation sites is 1. The number of hydrogen-bond donors (Lipinski definition) is 3.